The maximum absolute atomic E-state index is 12.6. The van der Waals surface area contributed by atoms with E-state index >= 15 is 0 Å². The molecule has 1 amide bonds. The lowest BCUT2D eigenvalue weighted by molar-refractivity contribution is 0.102. The number of carbonyl (C=O) groups excluding carboxylic acids is 1. The van der Waals surface area contributed by atoms with E-state index in [0.29, 0.717) is 29.1 Å². The number of rotatable bonds is 3. The number of anilines is 1. The summed E-state index contributed by atoms with van der Waals surface area (Å²) in [4.78, 5) is 25.3. The van der Waals surface area contributed by atoms with E-state index in [9.17, 15) is 4.79 Å². The van der Waals surface area contributed by atoms with Crippen LogP contribution in [0.5, 0.6) is 0 Å². The number of nitriles is 2. The number of nitrogens with zero attached hydrogens (tertiary/aromatic N) is 5. The fourth-order valence-electron chi connectivity index (χ4n) is 3.21. The molecule has 7 nitrogen and oxygen atoms in total. The van der Waals surface area contributed by atoms with Crippen molar-refractivity contribution in [3.05, 3.63) is 88.0 Å². The van der Waals surface area contributed by atoms with Gasteiger partial charge in [0.2, 0.25) is 0 Å². The number of fused-ring (bicyclic) bond motifs is 1. The number of aliphatic imine (C=N–C) groups is 1. The van der Waals surface area contributed by atoms with E-state index in [1.807, 2.05) is 36.4 Å². The molecule has 0 fully saturated rings. The predicted molar refractivity (Wildman–Crippen MR) is 106 cm³/mol. The largest absolute Gasteiger partial charge is 0.321 e. The maximum atomic E-state index is 12.6. The highest BCUT2D eigenvalue weighted by molar-refractivity contribution is 6.16. The second kappa shape index (κ2) is 7.34. The van der Waals surface area contributed by atoms with Crippen molar-refractivity contribution < 1.29 is 4.79 Å². The zero-order valence-electron chi connectivity index (χ0n) is 15.5. The Morgan fingerprint density at radius 1 is 1.10 bits per heavy atom. The molecule has 0 atom stereocenters. The molecule has 0 saturated carbocycles. The molecule has 0 radical (unpaired) electrons. The number of benzene rings is 1. The molecule has 3 heterocycles. The van der Waals surface area contributed by atoms with Gasteiger partial charge in [0.1, 0.15) is 23.5 Å². The van der Waals surface area contributed by atoms with Gasteiger partial charge in [-0.25, -0.2) is 9.97 Å². The SMILES string of the molecule is Cc1cc(C#N)cnc1C(=O)Nc1ccc2c(c1)C(c1ccnc(C#N)c1)=NC2. The number of nitrogens with one attached hydrogen (secondary N) is 1. The molecule has 1 N–H and O–H groups in total. The first-order chi connectivity index (χ1) is 14.1. The number of aryl methyl sites for hydroxylation is 1. The van der Waals surface area contributed by atoms with Crippen molar-refractivity contribution in [3.63, 3.8) is 0 Å². The molecule has 4 rings (SSSR count). The van der Waals surface area contributed by atoms with E-state index in [1.54, 1.807) is 25.3 Å². The molecule has 0 unspecified atom stereocenters. The van der Waals surface area contributed by atoms with Crippen molar-refractivity contribution in [2.45, 2.75) is 13.5 Å². The van der Waals surface area contributed by atoms with Crippen LogP contribution in [0, 0.1) is 29.6 Å². The molecule has 0 saturated heterocycles. The van der Waals surface area contributed by atoms with Crippen LogP contribution in [0.3, 0.4) is 0 Å². The number of hydrogen-bond donors (Lipinski definition) is 1. The lowest BCUT2D eigenvalue weighted by Crippen LogP contribution is -2.16. The number of aromatic nitrogens is 2. The van der Waals surface area contributed by atoms with E-state index in [4.69, 9.17) is 10.5 Å². The van der Waals surface area contributed by atoms with Crippen molar-refractivity contribution in [2.75, 3.05) is 5.32 Å². The highest BCUT2D eigenvalue weighted by atomic mass is 16.1. The first-order valence-electron chi connectivity index (χ1n) is 8.81. The molecular formula is C22H14N6O. The highest BCUT2D eigenvalue weighted by Crippen LogP contribution is 2.26. The molecule has 1 aliphatic rings. The lowest BCUT2D eigenvalue weighted by atomic mass is 9.99. The van der Waals surface area contributed by atoms with Gasteiger partial charge in [-0.1, -0.05) is 6.07 Å². The fraction of sp³-hybridized carbons (Fsp3) is 0.0909. The van der Waals surface area contributed by atoms with Gasteiger partial charge in [0, 0.05) is 29.2 Å². The van der Waals surface area contributed by atoms with Crippen LogP contribution < -0.4 is 5.32 Å². The summed E-state index contributed by atoms with van der Waals surface area (Å²) in [5.74, 6) is -0.348. The van der Waals surface area contributed by atoms with Crippen LogP contribution in [0.1, 0.15) is 44.0 Å². The Morgan fingerprint density at radius 3 is 2.72 bits per heavy atom. The zero-order valence-corrected chi connectivity index (χ0v) is 15.5. The molecule has 0 bridgehead atoms. The van der Waals surface area contributed by atoms with Crippen LogP contribution in [0.4, 0.5) is 5.69 Å². The molecule has 1 aliphatic heterocycles. The summed E-state index contributed by atoms with van der Waals surface area (Å²) in [7, 11) is 0. The summed E-state index contributed by atoms with van der Waals surface area (Å²) in [6.07, 6.45) is 2.96. The Kier molecular flexibility index (Phi) is 4.56. The van der Waals surface area contributed by atoms with Crippen molar-refractivity contribution in [1.82, 2.24) is 9.97 Å². The minimum Gasteiger partial charge on any atom is -0.321 e. The first kappa shape index (κ1) is 18.0. The third-order valence-electron chi connectivity index (χ3n) is 4.60. The first-order valence-corrected chi connectivity index (χ1v) is 8.81. The standard InChI is InChI=1S/C22H14N6O/c1-13-6-14(9-23)11-26-20(13)22(29)28-17-3-2-16-12-27-21(19(16)8-17)15-4-5-25-18(7-15)10-24/h2-8,11H,12H2,1H3,(H,28,29). The third-order valence-corrected chi connectivity index (χ3v) is 4.60. The van der Waals surface area contributed by atoms with Gasteiger partial charge in [-0.15, -0.1) is 0 Å². The van der Waals surface area contributed by atoms with Gasteiger partial charge in [0.15, 0.2) is 0 Å². The van der Waals surface area contributed by atoms with Crippen molar-refractivity contribution in [2.24, 2.45) is 4.99 Å². The lowest BCUT2D eigenvalue weighted by Gasteiger charge is -2.10. The average molecular weight is 378 g/mol. The number of pyridine rings is 2. The predicted octanol–water partition coefficient (Wildman–Crippen LogP) is 3.13. The molecule has 29 heavy (non-hydrogen) atoms. The number of hydrogen-bond acceptors (Lipinski definition) is 6. The molecule has 0 spiro atoms. The molecule has 138 valence electrons. The summed E-state index contributed by atoms with van der Waals surface area (Å²) in [5, 5.41) is 20.9. The molecule has 0 aliphatic carbocycles. The van der Waals surface area contributed by atoms with Gasteiger partial charge in [-0.2, -0.15) is 10.5 Å². The Bertz CT molecular complexity index is 1260. The van der Waals surface area contributed by atoms with Gasteiger partial charge < -0.3 is 5.32 Å². The zero-order chi connectivity index (χ0) is 20.4. The number of amides is 1. The Labute approximate surface area is 167 Å². The Balaban J connectivity index is 1.62. The quantitative estimate of drug-likeness (QED) is 0.752. The second-order valence-corrected chi connectivity index (χ2v) is 6.53. The minimum atomic E-state index is -0.348. The Morgan fingerprint density at radius 2 is 1.97 bits per heavy atom. The normalized spacial score (nSPS) is 11.8. The van der Waals surface area contributed by atoms with E-state index in [-0.39, 0.29) is 11.6 Å². The molecule has 7 heteroatoms. The molecule has 3 aromatic rings. The average Bonchev–Trinajstić information content (AvgIpc) is 3.16. The summed E-state index contributed by atoms with van der Waals surface area (Å²) in [6.45, 7) is 2.28. The molecular weight excluding hydrogens is 364 g/mol. The van der Waals surface area contributed by atoms with Crippen molar-refractivity contribution in [3.8, 4) is 12.1 Å². The van der Waals surface area contributed by atoms with Crippen LogP contribution in [0.15, 0.2) is 53.8 Å². The Hall–Kier alpha value is -4.36. The van der Waals surface area contributed by atoms with Gasteiger partial charge in [0.05, 0.1) is 17.8 Å². The van der Waals surface area contributed by atoms with E-state index in [0.717, 1.165) is 22.4 Å². The summed E-state index contributed by atoms with van der Waals surface area (Å²) in [6, 6.07) is 14.8. The minimum absolute atomic E-state index is 0.270. The summed E-state index contributed by atoms with van der Waals surface area (Å²) < 4.78 is 0. The monoisotopic (exact) mass is 378 g/mol. The van der Waals surface area contributed by atoms with Gasteiger partial charge in [-0.3, -0.25) is 9.79 Å². The maximum Gasteiger partial charge on any atom is 0.274 e. The van der Waals surface area contributed by atoms with Crippen molar-refractivity contribution >= 4 is 17.3 Å². The van der Waals surface area contributed by atoms with Crippen LogP contribution in [-0.4, -0.2) is 21.6 Å². The van der Waals surface area contributed by atoms with Crippen molar-refractivity contribution in [1.29, 1.82) is 10.5 Å². The van der Waals surface area contributed by atoms with E-state index in [2.05, 4.69) is 20.3 Å². The summed E-state index contributed by atoms with van der Waals surface area (Å²) in [5.41, 5.74) is 5.77. The van der Waals surface area contributed by atoms with E-state index < -0.39 is 0 Å². The fourth-order valence-corrected chi connectivity index (χ4v) is 3.21. The molecule has 2 aromatic heterocycles. The van der Waals surface area contributed by atoms with Gasteiger partial charge in [-0.05, 0) is 48.4 Å². The summed E-state index contributed by atoms with van der Waals surface area (Å²) >= 11 is 0. The van der Waals surface area contributed by atoms with Crippen LogP contribution in [-0.2, 0) is 6.54 Å². The van der Waals surface area contributed by atoms with Gasteiger partial charge in [0.25, 0.3) is 5.91 Å². The van der Waals surface area contributed by atoms with Crippen LogP contribution >= 0.6 is 0 Å². The smallest absolute Gasteiger partial charge is 0.274 e. The molecule has 1 aromatic carbocycles. The highest BCUT2D eigenvalue weighted by Gasteiger charge is 2.19. The topological polar surface area (TPSA) is 115 Å². The van der Waals surface area contributed by atoms with Crippen LogP contribution in [0.25, 0.3) is 0 Å². The van der Waals surface area contributed by atoms with Gasteiger partial charge >= 0.3 is 0 Å². The van der Waals surface area contributed by atoms with E-state index in [1.165, 1.54) is 6.20 Å². The second-order valence-electron chi connectivity index (χ2n) is 6.53. The third kappa shape index (κ3) is 3.45. The van der Waals surface area contributed by atoms with Crippen LogP contribution in [0.2, 0.25) is 0 Å². The number of carbonyl (C=O) groups is 1.